The van der Waals surface area contributed by atoms with Crippen LogP contribution in [-0.2, 0) is 9.59 Å². The monoisotopic (exact) mass is 244 g/mol. The second-order valence-electron chi connectivity index (χ2n) is 4.39. The van der Waals surface area contributed by atoms with E-state index in [2.05, 4.69) is 10.4 Å². The standard InChI is InChI=1S/C12H12N4O2/c13-10-6-7(5-8-3-4-14-16(8)10)9-1-2-11(17)15-12(9)18/h3-6,9H,1-2,13H2,(H,15,17,18). The highest BCUT2D eigenvalue weighted by molar-refractivity contribution is 6.01. The summed E-state index contributed by atoms with van der Waals surface area (Å²) in [4.78, 5) is 22.9. The fraction of sp³-hybridized carbons (Fsp3) is 0.250. The lowest BCUT2D eigenvalue weighted by atomic mass is 9.91. The van der Waals surface area contributed by atoms with Gasteiger partial charge in [0, 0.05) is 6.42 Å². The first-order chi connectivity index (χ1) is 8.65. The number of rotatable bonds is 1. The van der Waals surface area contributed by atoms with Gasteiger partial charge in [0.1, 0.15) is 5.82 Å². The summed E-state index contributed by atoms with van der Waals surface area (Å²) in [6.45, 7) is 0. The largest absolute Gasteiger partial charge is 0.384 e. The van der Waals surface area contributed by atoms with Crippen LogP contribution in [0, 0.1) is 0 Å². The number of carbonyl (C=O) groups is 2. The van der Waals surface area contributed by atoms with Crippen LogP contribution < -0.4 is 11.1 Å². The van der Waals surface area contributed by atoms with Gasteiger partial charge in [-0.25, -0.2) is 4.52 Å². The summed E-state index contributed by atoms with van der Waals surface area (Å²) in [7, 11) is 0. The highest BCUT2D eigenvalue weighted by atomic mass is 16.2. The van der Waals surface area contributed by atoms with Crippen LogP contribution in [0.5, 0.6) is 0 Å². The van der Waals surface area contributed by atoms with E-state index < -0.39 is 0 Å². The molecule has 1 unspecified atom stereocenters. The maximum Gasteiger partial charge on any atom is 0.234 e. The second kappa shape index (κ2) is 3.83. The van der Waals surface area contributed by atoms with Crippen molar-refractivity contribution in [1.29, 1.82) is 0 Å². The van der Waals surface area contributed by atoms with Crippen LogP contribution in [0.1, 0.15) is 24.3 Å². The molecule has 0 spiro atoms. The van der Waals surface area contributed by atoms with Gasteiger partial charge >= 0.3 is 0 Å². The molecule has 2 aromatic rings. The van der Waals surface area contributed by atoms with Gasteiger partial charge in [0.05, 0.1) is 17.6 Å². The number of nitrogens with two attached hydrogens (primary N) is 1. The fourth-order valence-corrected chi connectivity index (χ4v) is 2.30. The number of anilines is 1. The predicted octanol–water partition coefficient (Wildman–Crippen LogP) is 0.437. The maximum atomic E-state index is 11.8. The Bertz CT molecular complexity index is 647. The summed E-state index contributed by atoms with van der Waals surface area (Å²) in [6.07, 6.45) is 2.54. The molecule has 2 aromatic heterocycles. The lowest BCUT2D eigenvalue weighted by Gasteiger charge is -2.21. The molecule has 0 aromatic carbocycles. The number of imide groups is 1. The average Bonchev–Trinajstić information content (AvgIpc) is 2.77. The third-order valence-electron chi connectivity index (χ3n) is 3.19. The normalized spacial score (nSPS) is 20.1. The molecule has 3 heterocycles. The third-order valence-corrected chi connectivity index (χ3v) is 3.19. The minimum Gasteiger partial charge on any atom is -0.384 e. The first-order valence-corrected chi connectivity index (χ1v) is 5.72. The zero-order valence-corrected chi connectivity index (χ0v) is 9.59. The van der Waals surface area contributed by atoms with E-state index >= 15 is 0 Å². The van der Waals surface area contributed by atoms with E-state index in [1.54, 1.807) is 16.8 Å². The van der Waals surface area contributed by atoms with Crippen molar-refractivity contribution in [2.24, 2.45) is 0 Å². The average molecular weight is 244 g/mol. The van der Waals surface area contributed by atoms with E-state index in [0.717, 1.165) is 11.1 Å². The molecule has 0 radical (unpaired) electrons. The predicted molar refractivity (Wildman–Crippen MR) is 64.7 cm³/mol. The molecule has 6 heteroatoms. The van der Waals surface area contributed by atoms with Gasteiger partial charge in [0.25, 0.3) is 0 Å². The van der Waals surface area contributed by atoms with Crippen molar-refractivity contribution in [3.63, 3.8) is 0 Å². The molecule has 1 aliphatic rings. The molecule has 0 aliphatic carbocycles. The quantitative estimate of drug-likeness (QED) is 0.712. The smallest absolute Gasteiger partial charge is 0.234 e. The lowest BCUT2D eigenvalue weighted by Crippen LogP contribution is -2.39. The van der Waals surface area contributed by atoms with Gasteiger partial charge in [-0.05, 0) is 30.2 Å². The van der Waals surface area contributed by atoms with Crippen LogP contribution in [-0.4, -0.2) is 21.4 Å². The number of hydrogen-bond acceptors (Lipinski definition) is 4. The molecule has 3 N–H and O–H groups in total. The first-order valence-electron chi connectivity index (χ1n) is 5.72. The minimum absolute atomic E-state index is 0.213. The molecule has 3 rings (SSSR count). The van der Waals surface area contributed by atoms with Crippen LogP contribution in [0.15, 0.2) is 24.4 Å². The summed E-state index contributed by atoms with van der Waals surface area (Å²) in [6, 6.07) is 5.44. The van der Waals surface area contributed by atoms with E-state index in [1.165, 1.54) is 0 Å². The number of carbonyl (C=O) groups excluding carboxylic acids is 2. The Morgan fingerprint density at radius 1 is 1.39 bits per heavy atom. The highest BCUT2D eigenvalue weighted by Gasteiger charge is 2.28. The molecule has 2 amide bonds. The number of hydrogen-bond donors (Lipinski definition) is 2. The molecular formula is C12H12N4O2. The molecule has 0 bridgehead atoms. The Labute approximate surface area is 103 Å². The van der Waals surface area contributed by atoms with Crippen molar-refractivity contribution in [2.75, 3.05) is 5.73 Å². The van der Waals surface area contributed by atoms with E-state index in [4.69, 9.17) is 5.73 Å². The van der Waals surface area contributed by atoms with Gasteiger partial charge in [0.15, 0.2) is 0 Å². The van der Waals surface area contributed by atoms with Gasteiger partial charge in [-0.3, -0.25) is 14.9 Å². The van der Waals surface area contributed by atoms with Crippen LogP contribution in [0.3, 0.4) is 0 Å². The number of piperidine rings is 1. The molecule has 6 nitrogen and oxygen atoms in total. The van der Waals surface area contributed by atoms with E-state index in [9.17, 15) is 9.59 Å². The van der Waals surface area contributed by atoms with Crippen molar-refractivity contribution >= 4 is 23.1 Å². The molecular weight excluding hydrogens is 232 g/mol. The van der Waals surface area contributed by atoms with E-state index in [0.29, 0.717) is 18.7 Å². The SMILES string of the molecule is Nc1cc(C2CCC(=O)NC2=O)cc2ccnn12. The molecule has 1 saturated heterocycles. The Morgan fingerprint density at radius 2 is 2.22 bits per heavy atom. The number of amides is 2. The Morgan fingerprint density at radius 3 is 3.00 bits per heavy atom. The first kappa shape index (κ1) is 10.8. The number of nitrogens with zero attached hydrogens (tertiary/aromatic N) is 2. The molecule has 1 fully saturated rings. The van der Waals surface area contributed by atoms with E-state index in [-0.39, 0.29) is 17.7 Å². The number of aromatic nitrogens is 2. The number of nitrogens with one attached hydrogen (secondary N) is 1. The molecule has 1 atom stereocenters. The van der Waals surface area contributed by atoms with Crippen LogP contribution >= 0.6 is 0 Å². The topological polar surface area (TPSA) is 89.5 Å². The van der Waals surface area contributed by atoms with Gasteiger partial charge in [-0.1, -0.05) is 0 Å². The molecule has 0 saturated carbocycles. The minimum atomic E-state index is -0.315. The van der Waals surface area contributed by atoms with E-state index in [1.807, 2.05) is 12.1 Å². The van der Waals surface area contributed by atoms with Crippen molar-refractivity contribution in [3.05, 3.63) is 30.0 Å². The van der Waals surface area contributed by atoms with Crippen LogP contribution in [0.2, 0.25) is 0 Å². The summed E-state index contributed by atoms with van der Waals surface area (Å²) >= 11 is 0. The Hall–Kier alpha value is -2.37. The molecule has 92 valence electrons. The summed E-state index contributed by atoms with van der Waals surface area (Å²) in [5, 5.41) is 6.42. The van der Waals surface area contributed by atoms with Gasteiger partial charge in [-0.2, -0.15) is 5.10 Å². The molecule has 1 aliphatic heterocycles. The second-order valence-corrected chi connectivity index (χ2v) is 4.39. The van der Waals surface area contributed by atoms with Gasteiger partial charge < -0.3 is 5.73 Å². The van der Waals surface area contributed by atoms with Crippen LogP contribution in [0.4, 0.5) is 5.82 Å². The zero-order chi connectivity index (χ0) is 12.7. The van der Waals surface area contributed by atoms with Crippen molar-refractivity contribution in [1.82, 2.24) is 14.9 Å². The Balaban J connectivity index is 2.03. The number of nitrogen functional groups attached to an aromatic ring is 1. The van der Waals surface area contributed by atoms with Crippen molar-refractivity contribution < 1.29 is 9.59 Å². The summed E-state index contributed by atoms with van der Waals surface area (Å²) < 4.78 is 1.61. The van der Waals surface area contributed by atoms with Gasteiger partial charge in [-0.15, -0.1) is 0 Å². The summed E-state index contributed by atoms with van der Waals surface area (Å²) in [5.74, 6) is -0.300. The lowest BCUT2D eigenvalue weighted by molar-refractivity contribution is -0.134. The summed E-state index contributed by atoms with van der Waals surface area (Å²) in [5.41, 5.74) is 7.55. The maximum absolute atomic E-state index is 11.8. The van der Waals surface area contributed by atoms with Crippen molar-refractivity contribution in [2.45, 2.75) is 18.8 Å². The highest BCUT2D eigenvalue weighted by Crippen LogP contribution is 2.27. The number of fused-ring (bicyclic) bond motifs is 1. The fourth-order valence-electron chi connectivity index (χ4n) is 2.30. The van der Waals surface area contributed by atoms with Crippen molar-refractivity contribution in [3.8, 4) is 0 Å². The van der Waals surface area contributed by atoms with Gasteiger partial charge in [0.2, 0.25) is 11.8 Å². The Kier molecular flexibility index (Phi) is 2.29. The number of pyridine rings is 1. The van der Waals surface area contributed by atoms with Crippen LogP contribution in [0.25, 0.3) is 5.52 Å². The third kappa shape index (κ3) is 1.62. The zero-order valence-electron chi connectivity index (χ0n) is 9.59. The molecule has 18 heavy (non-hydrogen) atoms.